The average Bonchev–Trinajstić information content (AvgIpc) is 3.46. The van der Waals surface area contributed by atoms with Crippen LogP contribution in [0.5, 0.6) is 5.75 Å². The van der Waals surface area contributed by atoms with E-state index in [-0.39, 0.29) is 19.1 Å². The number of aliphatic hydroxyl groups excluding tert-OH is 1. The molecule has 182 valence electrons. The second-order valence-electron chi connectivity index (χ2n) is 7.15. The highest BCUT2D eigenvalue weighted by Gasteiger charge is 2.34. The van der Waals surface area contributed by atoms with Crippen molar-refractivity contribution in [3.8, 4) is 17.0 Å². The molecule has 0 bridgehead atoms. The monoisotopic (exact) mass is 486 g/mol. The highest BCUT2D eigenvalue weighted by molar-refractivity contribution is 6.33. The molecule has 3 aromatic rings. The van der Waals surface area contributed by atoms with Crippen molar-refractivity contribution in [3.63, 3.8) is 0 Å². The highest BCUT2D eigenvalue weighted by Crippen LogP contribution is 2.29. The third kappa shape index (κ3) is 7.07. The summed E-state index contributed by atoms with van der Waals surface area (Å²) in [6, 6.07) is 14.3. The Labute approximate surface area is 204 Å². The van der Waals surface area contributed by atoms with Gasteiger partial charge in [-0.05, 0) is 37.6 Å². The quantitative estimate of drug-likeness (QED) is 0.436. The molecule has 0 aliphatic carbocycles. The zero-order valence-corrected chi connectivity index (χ0v) is 20.6. The summed E-state index contributed by atoms with van der Waals surface area (Å²) >= 11 is 6.25. The first-order valence-electron chi connectivity index (χ1n) is 11.1. The molecule has 1 aromatic heterocycles. The summed E-state index contributed by atoms with van der Waals surface area (Å²) < 4.78 is 5.11. The maximum atomic E-state index is 11.7. The van der Waals surface area contributed by atoms with Gasteiger partial charge in [-0.3, -0.25) is 9.69 Å². The van der Waals surface area contributed by atoms with Gasteiger partial charge in [0.1, 0.15) is 18.2 Å². The molecular weight excluding hydrogens is 456 g/mol. The van der Waals surface area contributed by atoms with Gasteiger partial charge < -0.3 is 20.1 Å². The molecule has 2 heterocycles. The Hall–Kier alpha value is -3.36. The molecule has 1 aliphatic heterocycles. The minimum atomic E-state index is -0.465. The van der Waals surface area contributed by atoms with E-state index in [0.717, 1.165) is 22.6 Å². The van der Waals surface area contributed by atoms with E-state index in [2.05, 4.69) is 15.3 Å². The standard InChI is InChI=1S/C15H15ClN4O2.C8H10O2.C2H6/c1-8-3-4-10(11(16)5-8)12-6-17-14(19-12)9(2)20-13(21)7-18-15(20)22;9-6-7-10-8-4-2-1-3-5-8;1-2/h3-6,9H,7H2,1-2H3,(H,17,19)(H,18,22);1-5,9H,6-7H2;1-2H3. The van der Waals surface area contributed by atoms with Gasteiger partial charge in [0.25, 0.3) is 5.91 Å². The van der Waals surface area contributed by atoms with Crippen molar-refractivity contribution < 1.29 is 19.4 Å². The summed E-state index contributed by atoms with van der Waals surface area (Å²) in [6.07, 6.45) is 1.65. The Morgan fingerprint density at radius 1 is 1.18 bits per heavy atom. The number of hydrogen-bond donors (Lipinski definition) is 3. The van der Waals surface area contributed by atoms with E-state index in [4.69, 9.17) is 21.4 Å². The number of aromatic amines is 1. The lowest BCUT2D eigenvalue weighted by molar-refractivity contribution is -0.126. The molecule has 1 aliphatic rings. The molecule has 34 heavy (non-hydrogen) atoms. The summed E-state index contributed by atoms with van der Waals surface area (Å²) in [5.74, 6) is 1.08. The Morgan fingerprint density at radius 3 is 2.47 bits per heavy atom. The first kappa shape index (κ1) is 26.9. The number of aryl methyl sites for hydroxylation is 1. The van der Waals surface area contributed by atoms with E-state index >= 15 is 0 Å². The van der Waals surface area contributed by atoms with Crippen molar-refractivity contribution in [1.29, 1.82) is 0 Å². The van der Waals surface area contributed by atoms with Crippen LogP contribution in [0.4, 0.5) is 4.79 Å². The third-order valence-electron chi connectivity index (χ3n) is 4.77. The van der Waals surface area contributed by atoms with Gasteiger partial charge in [-0.1, -0.05) is 55.8 Å². The topological polar surface area (TPSA) is 108 Å². The van der Waals surface area contributed by atoms with Crippen molar-refractivity contribution in [3.05, 3.63) is 71.1 Å². The average molecular weight is 487 g/mol. The molecule has 1 fully saturated rings. The van der Waals surface area contributed by atoms with Crippen LogP contribution >= 0.6 is 11.6 Å². The number of imidazole rings is 1. The smallest absolute Gasteiger partial charge is 0.325 e. The summed E-state index contributed by atoms with van der Waals surface area (Å²) in [5, 5.41) is 11.5. The number of nitrogens with zero attached hydrogens (tertiary/aromatic N) is 2. The Balaban J connectivity index is 0.000000286. The number of aromatic nitrogens is 2. The molecule has 3 amide bonds. The molecule has 3 N–H and O–H groups in total. The van der Waals surface area contributed by atoms with Gasteiger partial charge in [-0.25, -0.2) is 9.78 Å². The SMILES string of the molecule is CC.Cc1ccc(-c2cnc(C(C)N3C(=O)CNC3=O)[nH]2)c(Cl)c1.OCCOc1ccccc1. The maximum Gasteiger partial charge on any atom is 0.325 e. The van der Waals surface area contributed by atoms with E-state index in [1.165, 1.54) is 4.90 Å². The number of aliphatic hydroxyl groups is 1. The largest absolute Gasteiger partial charge is 0.491 e. The summed E-state index contributed by atoms with van der Waals surface area (Å²) in [6.45, 7) is 8.18. The van der Waals surface area contributed by atoms with Crippen LogP contribution in [0, 0.1) is 6.92 Å². The fourth-order valence-corrected chi connectivity index (χ4v) is 3.49. The van der Waals surface area contributed by atoms with Crippen molar-refractivity contribution in [2.24, 2.45) is 0 Å². The number of urea groups is 1. The predicted octanol–water partition coefficient (Wildman–Crippen LogP) is 4.74. The second kappa shape index (κ2) is 13.4. The predicted molar refractivity (Wildman–Crippen MR) is 133 cm³/mol. The summed E-state index contributed by atoms with van der Waals surface area (Å²) in [5.41, 5.74) is 2.65. The van der Waals surface area contributed by atoms with E-state index < -0.39 is 12.1 Å². The summed E-state index contributed by atoms with van der Waals surface area (Å²) in [4.78, 5) is 32.0. The molecule has 1 saturated heterocycles. The van der Waals surface area contributed by atoms with Gasteiger partial charge in [0.05, 0.1) is 36.1 Å². The van der Waals surface area contributed by atoms with Gasteiger partial charge in [0.2, 0.25) is 0 Å². The third-order valence-corrected chi connectivity index (χ3v) is 5.09. The zero-order valence-electron chi connectivity index (χ0n) is 19.8. The number of ether oxygens (including phenoxy) is 1. The number of amides is 3. The lowest BCUT2D eigenvalue weighted by Crippen LogP contribution is -2.34. The van der Waals surface area contributed by atoms with E-state index in [9.17, 15) is 9.59 Å². The van der Waals surface area contributed by atoms with Crippen molar-refractivity contribution in [2.75, 3.05) is 19.8 Å². The summed E-state index contributed by atoms with van der Waals surface area (Å²) in [7, 11) is 0. The van der Waals surface area contributed by atoms with Gasteiger partial charge in [0, 0.05) is 5.56 Å². The van der Waals surface area contributed by atoms with Crippen molar-refractivity contribution in [2.45, 2.75) is 33.7 Å². The number of imide groups is 1. The minimum Gasteiger partial charge on any atom is -0.491 e. The lowest BCUT2D eigenvalue weighted by Gasteiger charge is -2.19. The van der Waals surface area contributed by atoms with Crippen molar-refractivity contribution in [1.82, 2.24) is 20.2 Å². The van der Waals surface area contributed by atoms with Crippen LogP contribution in [0.15, 0.2) is 54.7 Å². The fourth-order valence-electron chi connectivity index (χ4n) is 3.15. The first-order chi connectivity index (χ1) is 16.4. The van der Waals surface area contributed by atoms with Crippen LogP contribution in [0.25, 0.3) is 11.3 Å². The van der Waals surface area contributed by atoms with Crippen LogP contribution in [0.1, 0.15) is 38.2 Å². The molecule has 4 rings (SSSR count). The number of carbonyl (C=O) groups is 2. The Morgan fingerprint density at radius 2 is 1.88 bits per heavy atom. The molecule has 0 saturated carbocycles. The highest BCUT2D eigenvalue weighted by atomic mass is 35.5. The van der Waals surface area contributed by atoms with E-state index in [0.29, 0.717) is 17.5 Å². The maximum absolute atomic E-state index is 11.7. The van der Waals surface area contributed by atoms with Crippen LogP contribution in [0.2, 0.25) is 5.02 Å². The zero-order chi connectivity index (χ0) is 25.1. The number of halogens is 1. The van der Waals surface area contributed by atoms with Gasteiger partial charge in [0.15, 0.2) is 0 Å². The van der Waals surface area contributed by atoms with Crippen LogP contribution < -0.4 is 10.1 Å². The van der Waals surface area contributed by atoms with E-state index in [1.807, 2.05) is 69.3 Å². The molecular formula is C25H31ClN4O4. The van der Waals surface area contributed by atoms with Crippen molar-refractivity contribution >= 4 is 23.5 Å². The Bertz CT molecular complexity index is 1060. The molecule has 8 nitrogen and oxygen atoms in total. The number of nitrogens with one attached hydrogen (secondary N) is 2. The number of para-hydroxylation sites is 1. The number of hydrogen-bond acceptors (Lipinski definition) is 5. The fraction of sp³-hybridized carbons (Fsp3) is 0.320. The van der Waals surface area contributed by atoms with Gasteiger partial charge in [-0.15, -0.1) is 0 Å². The normalized spacial score (nSPS) is 13.3. The number of benzene rings is 2. The molecule has 2 aromatic carbocycles. The number of H-pyrrole nitrogens is 1. The van der Waals surface area contributed by atoms with Gasteiger partial charge in [-0.2, -0.15) is 0 Å². The molecule has 1 atom stereocenters. The second-order valence-corrected chi connectivity index (χ2v) is 7.56. The van der Waals surface area contributed by atoms with Gasteiger partial charge >= 0.3 is 6.03 Å². The van der Waals surface area contributed by atoms with Crippen LogP contribution in [-0.2, 0) is 4.79 Å². The lowest BCUT2D eigenvalue weighted by atomic mass is 10.1. The number of carbonyl (C=O) groups excluding carboxylic acids is 2. The molecule has 0 radical (unpaired) electrons. The molecule has 9 heteroatoms. The first-order valence-corrected chi connectivity index (χ1v) is 11.5. The van der Waals surface area contributed by atoms with E-state index in [1.54, 1.807) is 13.1 Å². The molecule has 1 unspecified atom stereocenters. The number of rotatable bonds is 6. The minimum absolute atomic E-state index is 0.0283. The van der Waals surface area contributed by atoms with Crippen LogP contribution in [0.3, 0.4) is 0 Å². The molecule has 0 spiro atoms. The Kier molecular flexibility index (Phi) is 10.6. The van der Waals surface area contributed by atoms with Crippen LogP contribution in [-0.4, -0.2) is 51.7 Å².